The fourth-order valence-electron chi connectivity index (χ4n) is 2.75. The van der Waals surface area contributed by atoms with Gasteiger partial charge in [-0.25, -0.2) is 0 Å². The smallest absolute Gasteiger partial charge is 0.297 e. The van der Waals surface area contributed by atoms with Gasteiger partial charge in [-0.3, -0.25) is 8.37 Å². The zero-order valence-corrected chi connectivity index (χ0v) is 21.6. The molecule has 2 aromatic carbocycles. The molecule has 0 fully saturated rings. The van der Waals surface area contributed by atoms with Gasteiger partial charge in [0.25, 0.3) is 20.2 Å². The van der Waals surface area contributed by atoms with Gasteiger partial charge in [-0.2, -0.15) is 16.8 Å². The second-order valence-corrected chi connectivity index (χ2v) is 10.8. The number of hydrogen-bond acceptors (Lipinski definition) is 9. The largest absolute Gasteiger partial charge is 0.376 e. The van der Waals surface area contributed by atoms with E-state index >= 15 is 0 Å². The van der Waals surface area contributed by atoms with Gasteiger partial charge >= 0.3 is 0 Å². The first-order chi connectivity index (χ1) is 16.6. The molecule has 2 aromatic rings. The van der Waals surface area contributed by atoms with E-state index in [-0.39, 0.29) is 49.4 Å². The van der Waals surface area contributed by atoms with Crippen LogP contribution in [0, 0.1) is 13.8 Å². The third-order valence-corrected chi connectivity index (χ3v) is 7.26. The molecular formula is C24H32O9S2. The van der Waals surface area contributed by atoms with Crippen molar-refractivity contribution in [1.29, 1.82) is 0 Å². The second-order valence-electron chi connectivity index (χ2n) is 7.57. The Morgan fingerprint density at radius 2 is 1.17 bits per heavy atom. The van der Waals surface area contributed by atoms with Crippen LogP contribution in [0.4, 0.5) is 0 Å². The summed E-state index contributed by atoms with van der Waals surface area (Å²) in [4.78, 5) is 0.139. The minimum Gasteiger partial charge on any atom is -0.376 e. The van der Waals surface area contributed by atoms with Crippen LogP contribution in [-0.4, -0.2) is 69.2 Å². The first kappa shape index (κ1) is 29.1. The van der Waals surface area contributed by atoms with Gasteiger partial charge in [0.15, 0.2) is 0 Å². The summed E-state index contributed by atoms with van der Waals surface area (Å²) < 4.78 is 75.4. The molecule has 0 amide bonds. The number of hydrogen-bond donors (Lipinski definition) is 0. The lowest BCUT2D eigenvalue weighted by molar-refractivity contribution is -0.0640. The maximum absolute atomic E-state index is 12.2. The Labute approximate surface area is 207 Å². The van der Waals surface area contributed by atoms with E-state index in [1.807, 2.05) is 13.8 Å². The van der Waals surface area contributed by atoms with Crippen LogP contribution >= 0.6 is 0 Å². The maximum Gasteiger partial charge on any atom is 0.297 e. The van der Waals surface area contributed by atoms with Crippen molar-refractivity contribution >= 4 is 20.2 Å². The molecule has 0 aliphatic rings. The van der Waals surface area contributed by atoms with Gasteiger partial charge in [-0.15, -0.1) is 6.58 Å². The van der Waals surface area contributed by atoms with Crippen molar-refractivity contribution in [2.24, 2.45) is 0 Å². The van der Waals surface area contributed by atoms with Gasteiger partial charge in [-0.1, -0.05) is 41.5 Å². The van der Waals surface area contributed by atoms with Gasteiger partial charge in [0.2, 0.25) is 0 Å². The first-order valence-electron chi connectivity index (χ1n) is 10.9. The van der Waals surface area contributed by atoms with E-state index in [0.29, 0.717) is 6.61 Å². The predicted octanol–water partition coefficient (Wildman–Crippen LogP) is 3.02. The lowest BCUT2D eigenvalue weighted by Crippen LogP contribution is -2.28. The molecule has 0 aliphatic heterocycles. The maximum atomic E-state index is 12.2. The van der Waals surface area contributed by atoms with E-state index in [1.54, 1.807) is 30.3 Å². The fraction of sp³-hybridized carbons (Fsp3) is 0.417. The Kier molecular flexibility index (Phi) is 12.0. The van der Waals surface area contributed by atoms with Crippen molar-refractivity contribution in [3.8, 4) is 0 Å². The Hall–Kier alpha value is -2.12. The highest BCUT2D eigenvalue weighted by atomic mass is 32.2. The summed E-state index contributed by atoms with van der Waals surface area (Å²) >= 11 is 0. The van der Waals surface area contributed by atoms with Gasteiger partial charge in [0, 0.05) is 0 Å². The van der Waals surface area contributed by atoms with Crippen molar-refractivity contribution in [2.45, 2.75) is 29.7 Å². The molecule has 0 saturated carbocycles. The Bertz CT molecular complexity index is 1110. The molecule has 0 spiro atoms. The average Bonchev–Trinajstić information content (AvgIpc) is 2.81. The molecular weight excluding hydrogens is 496 g/mol. The molecule has 2 rings (SSSR count). The van der Waals surface area contributed by atoms with E-state index in [2.05, 4.69) is 6.58 Å². The number of benzene rings is 2. The van der Waals surface area contributed by atoms with Crippen molar-refractivity contribution in [3.63, 3.8) is 0 Å². The van der Waals surface area contributed by atoms with Crippen molar-refractivity contribution in [2.75, 3.05) is 46.2 Å². The quantitative estimate of drug-likeness (QED) is 0.174. The molecule has 9 nitrogen and oxygen atoms in total. The van der Waals surface area contributed by atoms with Crippen molar-refractivity contribution in [3.05, 3.63) is 72.3 Å². The van der Waals surface area contributed by atoms with Crippen molar-refractivity contribution < 1.29 is 39.4 Å². The van der Waals surface area contributed by atoms with Gasteiger partial charge in [0.05, 0.1) is 56.0 Å². The standard InChI is InChI=1S/C24H32O9S2/c1-4-13-29-18-22(31-15-17-33-35(27,28)24-11-7-21(3)8-12-24)19-30-14-16-32-34(25,26)23-9-5-20(2)6-10-23/h4-12,22H,1,13-19H2,2-3H3/t22-/m1/s1. The first-order valence-corrected chi connectivity index (χ1v) is 13.8. The third-order valence-electron chi connectivity index (χ3n) is 4.60. The molecule has 0 unspecified atom stereocenters. The van der Waals surface area contributed by atoms with Gasteiger partial charge < -0.3 is 14.2 Å². The molecule has 194 valence electrons. The molecule has 11 heteroatoms. The SMILES string of the molecule is C=CCOC[C@H](COCCOS(=O)(=O)c1ccc(C)cc1)OCCOS(=O)(=O)c1ccc(C)cc1. The van der Waals surface area contributed by atoms with Crippen LogP contribution in [0.5, 0.6) is 0 Å². The zero-order chi connectivity index (χ0) is 25.7. The van der Waals surface area contributed by atoms with Crippen molar-refractivity contribution in [1.82, 2.24) is 0 Å². The van der Waals surface area contributed by atoms with E-state index in [1.165, 1.54) is 24.3 Å². The molecule has 1 atom stereocenters. The Balaban J connectivity index is 1.75. The lowest BCUT2D eigenvalue weighted by Gasteiger charge is -2.18. The van der Waals surface area contributed by atoms with Crippen LogP contribution in [0.3, 0.4) is 0 Å². The topological polar surface area (TPSA) is 114 Å². The minimum absolute atomic E-state index is 0.00468. The zero-order valence-electron chi connectivity index (χ0n) is 19.9. The van der Waals surface area contributed by atoms with Crippen LogP contribution < -0.4 is 0 Å². The summed E-state index contributed by atoms with van der Waals surface area (Å²) in [5.74, 6) is 0. The monoisotopic (exact) mass is 528 g/mol. The highest BCUT2D eigenvalue weighted by Crippen LogP contribution is 2.14. The summed E-state index contributed by atoms with van der Waals surface area (Å²) in [6.45, 7) is 7.46. The third kappa shape index (κ3) is 10.6. The number of rotatable bonds is 17. The van der Waals surface area contributed by atoms with E-state index in [9.17, 15) is 16.8 Å². The van der Waals surface area contributed by atoms with Crippen LogP contribution in [-0.2, 0) is 42.8 Å². The van der Waals surface area contributed by atoms with E-state index in [0.717, 1.165) is 11.1 Å². The summed E-state index contributed by atoms with van der Waals surface area (Å²) in [5, 5.41) is 0. The molecule has 0 aromatic heterocycles. The summed E-state index contributed by atoms with van der Waals surface area (Å²) in [6, 6.07) is 12.7. The minimum atomic E-state index is -3.89. The lowest BCUT2D eigenvalue weighted by atomic mass is 10.2. The van der Waals surface area contributed by atoms with Crippen LogP contribution in [0.2, 0.25) is 0 Å². The summed E-state index contributed by atoms with van der Waals surface area (Å²) in [5.41, 5.74) is 1.88. The molecule has 0 aliphatic carbocycles. The summed E-state index contributed by atoms with van der Waals surface area (Å²) in [6.07, 6.45) is 1.05. The number of ether oxygens (including phenoxy) is 3. The Morgan fingerprint density at radius 3 is 1.66 bits per heavy atom. The molecule has 0 bridgehead atoms. The highest BCUT2D eigenvalue weighted by Gasteiger charge is 2.17. The fourth-order valence-corrected chi connectivity index (χ4v) is 4.53. The molecule has 35 heavy (non-hydrogen) atoms. The molecule has 0 heterocycles. The van der Waals surface area contributed by atoms with E-state index < -0.39 is 26.3 Å². The van der Waals surface area contributed by atoms with Gasteiger partial charge in [0.1, 0.15) is 6.10 Å². The summed E-state index contributed by atoms with van der Waals surface area (Å²) in [7, 11) is -7.76. The molecule has 0 N–H and O–H groups in total. The van der Waals surface area contributed by atoms with Crippen LogP contribution in [0.25, 0.3) is 0 Å². The second kappa shape index (κ2) is 14.4. The Morgan fingerprint density at radius 1 is 0.714 bits per heavy atom. The highest BCUT2D eigenvalue weighted by molar-refractivity contribution is 7.87. The van der Waals surface area contributed by atoms with E-state index in [4.69, 9.17) is 22.6 Å². The average molecular weight is 529 g/mol. The number of aryl methyl sites for hydroxylation is 2. The van der Waals surface area contributed by atoms with Crippen LogP contribution in [0.1, 0.15) is 11.1 Å². The molecule has 0 saturated heterocycles. The van der Waals surface area contributed by atoms with Gasteiger partial charge in [-0.05, 0) is 38.1 Å². The normalized spacial score (nSPS) is 13.0. The van der Waals surface area contributed by atoms with Crippen LogP contribution in [0.15, 0.2) is 71.0 Å². The molecule has 0 radical (unpaired) electrons. The predicted molar refractivity (Wildman–Crippen MR) is 130 cm³/mol.